The number of nitrogens with one attached hydrogen (secondary N) is 1. The second-order valence-corrected chi connectivity index (χ2v) is 7.20. The van der Waals surface area contributed by atoms with E-state index in [0.717, 1.165) is 24.4 Å². The molecular formula is C21H28N2OS. The van der Waals surface area contributed by atoms with E-state index < -0.39 is 0 Å². The standard InChI is InChI=1S/C21H28N2OS/c1-4-23(5-2)19-10-8-18(9-11-19)16-22-21(24)14-15-25-20-12-6-17(3)7-13-20/h6-13H,4-5,14-16H2,1-3H3,(H,22,24). The van der Waals surface area contributed by atoms with Crippen LogP contribution in [-0.4, -0.2) is 24.7 Å². The smallest absolute Gasteiger partial charge is 0.221 e. The molecule has 0 spiro atoms. The van der Waals surface area contributed by atoms with Crippen LogP contribution >= 0.6 is 11.8 Å². The van der Waals surface area contributed by atoms with E-state index in [1.807, 2.05) is 0 Å². The quantitative estimate of drug-likeness (QED) is 0.664. The Hall–Kier alpha value is -1.94. The fraction of sp³-hybridized carbons (Fsp3) is 0.381. The molecule has 2 aromatic rings. The van der Waals surface area contributed by atoms with Crippen molar-refractivity contribution >= 4 is 23.4 Å². The highest BCUT2D eigenvalue weighted by molar-refractivity contribution is 7.99. The Morgan fingerprint density at radius 3 is 2.24 bits per heavy atom. The lowest BCUT2D eigenvalue weighted by atomic mass is 10.2. The van der Waals surface area contributed by atoms with Gasteiger partial charge < -0.3 is 10.2 Å². The van der Waals surface area contributed by atoms with Gasteiger partial charge in [-0.15, -0.1) is 11.8 Å². The van der Waals surface area contributed by atoms with Gasteiger partial charge in [0.2, 0.25) is 5.91 Å². The summed E-state index contributed by atoms with van der Waals surface area (Å²) in [6, 6.07) is 16.9. The lowest BCUT2D eigenvalue weighted by Crippen LogP contribution is -2.23. The van der Waals surface area contributed by atoms with Gasteiger partial charge in [0.1, 0.15) is 0 Å². The Balaban J connectivity index is 1.71. The number of rotatable bonds is 9. The summed E-state index contributed by atoms with van der Waals surface area (Å²) in [6.07, 6.45) is 0.538. The van der Waals surface area contributed by atoms with Crippen molar-refractivity contribution in [2.45, 2.75) is 38.6 Å². The van der Waals surface area contributed by atoms with Crippen LogP contribution in [0.2, 0.25) is 0 Å². The third-order valence-corrected chi connectivity index (χ3v) is 5.19. The summed E-state index contributed by atoms with van der Waals surface area (Å²) in [5, 5.41) is 3.01. The van der Waals surface area contributed by atoms with Crippen LogP contribution < -0.4 is 10.2 Å². The molecule has 0 radical (unpaired) electrons. The maximum Gasteiger partial charge on any atom is 0.221 e. The van der Waals surface area contributed by atoms with Crippen LogP contribution in [-0.2, 0) is 11.3 Å². The van der Waals surface area contributed by atoms with E-state index >= 15 is 0 Å². The van der Waals surface area contributed by atoms with Crippen molar-refractivity contribution in [2.75, 3.05) is 23.7 Å². The van der Waals surface area contributed by atoms with Crippen molar-refractivity contribution in [2.24, 2.45) is 0 Å². The molecule has 25 heavy (non-hydrogen) atoms. The first kappa shape index (κ1) is 19.4. The predicted molar refractivity (Wildman–Crippen MR) is 108 cm³/mol. The van der Waals surface area contributed by atoms with Crippen LogP contribution in [0.1, 0.15) is 31.4 Å². The first-order chi connectivity index (χ1) is 12.1. The Morgan fingerprint density at radius 1 is 1.00 bits per heavy atom. The third kappa shape index (κ3) is 6.46. The van der Waals surface area contributed by atoms with Crippen LogP contribution in [0.25, 0.3) is 0 Å². The molecule has 0 bridgehead atoms. The maximum atomic E-state index is 12.0. The van der Waals surface area contributed by atoms with Crippen molar-refractivity contribution in [1.29, 1.82) is 0 Å². The topological polar surface area (TPSA) is 32.3 Å². The highest BCUT2D eigenvalue weighted by atomic mass is 32.2. The molecule has 0 fully saturated rings. The van der Waals surface area contributed by atoms with Gasteiger partial charge in [0.15, 0.2) is 0 Å². The van der Waals surface area contributed by atoms with Crippen LogP contribution in [0.4, 0.5) is 5.69 Å². The molecule has 1 N–H and O–H groups in total. The first-order valence-corrected chi connectivity index (χ1v) is 9.91. The number of nitrogens with zero attached hydrogens (tertiary/aromatic N) is 1. The van der Waals surface area contributed by atoms with Crippen LogP contribution in [0.3, 0.4) is 0 Å². The molecule has 134 valence electrons. The van der Waals surface area contributed by atoms with Crippen LogP contribution in [0, 0.1) is 6.92 Å². The highest BCUT2D eigenvalue weighted by Gasteiger charge is 2.04. The van der Waals surface area contributed by atoms with Crippen LogP contribution in [0.5, 0.6) is 0 Å². The number of amides is 1. The van der Waals surface area contributed by atoms with Gasteiger partial charge in [-0.25, -0.2) is 0 Å². The van der Waals surface area contributed by atoms with Crippen molar-refractivity contribution < 1.29 is 4.79 Å². The molecule has 0 aromatic heterocycles. The van der Waals surface area contributed by atoms with Gasteiger partial charge >= 0.3 is 0 Å². The number of anilines is 1. The van der Waals surface area contributed by atoms with Crippen molar-refractivity contribution in [3.63, 3.8) is 0 Å². The molecule has 0 aliphatic heterocycles. The molecule has 0 saturated heterocycles. The highest BCUT2D eigenvalue weighted by Crippen LogP contribution is 2.19. The molecule has 3 nitrogen and oxygen atoms in total. The summed E-state index contributed by atoms with van der Waals surface area (Å²) in [7, 11) is 0. The molecule has 2 aromatic carbocycles. The van der Waals surface area contributed by atoms with E-state index in [0.29, 0.717) is 13.0 Å². The monoisotopic (exact) mass is 356 g/mol. The Bertz CT molecular complexity index is 649. The van der Waals surface area contributed by atoms with Gasteiger partial charge in [-0.1, -0.05) is 29.8 Å². The van der Waals surface area contributed by atoms with E-state index in [9.17, 15) is 4.79 Å². The summed E-state index contributed by atoms with van der Waals surface area (Å²) in [4.78, 5) is 15.5. The van der Waals surface area contributed by atoms with Gasteiger partial charge in [0.05, 0.1) is 0 Å². The molecule has 0 heterocycles. The molecule has 0 unspecified atom stereocenters. The zero-order valence-corrected chi connectivity index (χ0v) is 16.2. The Kier molecular flexibility index (Phi) is 7.86. The van der Waals surface area contributed by atoms with Gasteiger partial charge in [-0.05, 0) is 50.6 Å². The van der Waals surface area contributed by atoms with E-state index in [4.69, 9.17) is 0 Å². The number of carbonyl (C=O) groups excluding carboxylic acids is 1. The summed E-state index contributed by atoms with van der Waals surface area (Å²) in [5.74, 6) is 0.905. The fourth-order valence-electron chi connectivity index (χ4n) is 2.60. The van der Waals surface area contributed by atoms with Crippen LogP contribution in [0.15, 0.2) is 53.4 Å². The van der Waals surface area contributed by atoms with Gasteiger partial charge in [0.25, 0.3) is 0 Å². The average molecular weight is 357 g/mol. The SMILES string of the molecule is CCN(CC)c1ccc(CNC(=O)CCSc2ccc(C)cc2)cc1. The lowest BCUT2D eigenvalue weighted by Gasteiger charge is -2.21. The molecule has 0 atom stereocenters. The predicted octanol–water partition coefficient (Wildman–Crippen LogP) is 4.64. The molecule has 2 rings (SSSR count). The summed E-state index contributed by atoms with van der Waals surface area (Å²) in [6.45, 7) is 9.00. The first-order valence-electron chi connectivity index (χ1n) is 8.92. The second-order valence-electron chi connectivity index (χ2n) is 6.03. The number of hydrogen-bond acceptors (Lipinski definition) is 3. The normalized spacial score (nSPS) is 10.5. The molecule has 0 aliphatic carbocycles. The van der Waals surface area contributed by atoms with Gasteiger partial charge in [-0.2, -0.15) is 0 Å². The lowest BCUT2D eigenvalue weighted by molar-refractivity contribution is -0.120. The van der Waals surface area contributed by atoms with Crippen molar-refractivity contribution in [3.05, 3.63) is 59.7 Å². The second kappa shape index (κ2) is 10.1. The minimum absolute atomic E-state index is 0.104. The number of thioether (sulfide) groups is 1. The van der Waals surface area contributed by atoms with Crippen molar-refractivity contribution in [1.82, 2.24) is 5.32 Å². The van der Waals surface area contributed by atoms with E-state index in [-0.39, 0.29) is 5.91 Å². The Labute approximate surface area is 155 Å². The van der Waals surface area contributed by atoms with Gasteiger partial charge in [0, 0.05) is 42.4 Å². The molecule has 4 heteroatoms. The van der Waals surface area contributed by atoms with E-state index in [1.54, 1.807) is 11.8 Å². The van der Waals surface area contributed by atoms with E-state index in [1.165, 1.54) is 16.1 Å². The number of benzene rings is 2. The fourth-order valence-corrected chi connectivity index (χ4v) is 3.45. The minimum atomic E-state index is 0.104. The zero-order chi connectivity index (χ0) is 18.1. The number of aryl methyl sites for hydroxylation is 1. The van der Waals surface area contributed by atoms with Gasteiger partial charge in [-0.3, -0.25) is 4.79 Å². The van der Waals surface area contributed by atoms with Crippen molar-refractivity contribution in [3.8, 4) is 0 Å². The summed E-state index contributed by atoms with van der Waals surface area (Å²) < 4.78 is 0. The number of carbonyl (C=O) groups is 1. The zero-order valence-electron chi connectivity index (χ0n) is 15.4. The maximum absolute atomic E-state index is 12.0. The molecule has 1 amide bonds. The largest absolute Gasteiger partial charge is 0.372 e. The molecular weight excluding hydrogens is 328 g/mol. The number of hydrogen-bond donors (Lipinski definition) is 1. The third-order valence-electron chi connectivity index (χ3n) is 4.17. The summed E-state index contributed by atoms with van der Waals surface area (Å²) in [5.41, 5.74) is 3.62. The summed E-state index contributed by atoms with van der Waals surface area (Å²) >= 11 is 1.72. The average Bonchev–Trinajstić information content (AvgIpc) is 2.64. The Morgan fingerprint density at radius 2 is 1.64 bits per heavy atom. The van der Waals surface area contributed by atoms with E-state index in [2.05, 4.69) is 79.5 Å². The minimum Gasteiger partial charge on any atom is -0.372 e. The molecule has 0 aliphatic rings. The molecule has 0 saturated carbocycles.